The van der Waals surface area contributed by atoms with Crippen molar-refractivity contribution in [1.82, 2.24) is 15.0 Å². The molecule has 1 aliphatic rings. The average molecular weight is 436 g/mol. The third kappa shape index (κ3) is 3.68. The van der Waals surface area contributed by atoms with Crippen molar-refractivity contribution in [1.29, 1.82) is 0 Å². The van der Waals surface area contributed by atoms with Gasteiger partial charge < -0.3 is 5.73 Å². The Morgan fingerprint density at radius 3 is 2.70 bits per heavy atom. The van der Waals surface area contributed by atoms with Crippen LogP contribution in [0.3, 0.4) is 0 Å². The Hall–Kier alpha value is -2.84. The van der Waals surface area contributed by atoms with Crippen LogP contribution in [0.25, 0.3) is 21.5 Å². The minimum atomic E-state index is -0.237. The lowest BCUT2D eigenvalue weighted by Gasteiger charge is -2.12. The van der Waals surface area contributed by atoms with Crippen molar-refractivity contribution < 1.29 is 4.79 Å². The number of aromatic nitrogens is 3. The third-order valence-electron chi connectivity index (χ3n) is 5.41. The quantitative estimate of drug-likeness (QED) is 0.455. The second kappa shape index (κ2) is 8.12. The molecule has 4 aromatic rings. The zero-order valence-electron chi connectivity index (χ0n) is 16.4. The highest BCUT2D eigenvalue weighted by Crippen LogP contribution is 2.36. The number of hydrogen-bond acceptors (Lipinski definition) is 7. The van der Waals surface area contributed by atoms with E-state index in [9.17, 15) is 4.79 Å². The fraction of sp³-hybridized carbons (Fsp3) is 0.273. The molecule has 1 amide bonds. The van der Waals surface area contributed by atoms with Gasteiger partial charge in [-0.3, -0.25) is 15.1 Å². The lowest BCUT2D eigenvalue weighted by Crippen LogP contribution is -2.11. The number of fused-ring (bicyclic) bond motifs is 2. The molecule has 0 atom stereocenters. The summed E-state index contributed by atoms with van der Waals surface area (Å²) in [7, 11) is 0. The summed E-state index contributed by atoms with van der Waals surface area (Å²) in [5.74, 6) is -0.237. The van der Waals surface area contributed by atoms with Gasteiger partial charge >= 0.3 is 0 Å². The first-order valence-electron chi connectivity index (χ1n) is 10.1. The predicted molar refractivity (Wildman–Crippen MR) is 123 cm³/mol. The van der Waals surface area contributed by atoms with E-state index in [2.05, 4.69) is 21.4 Å². The SMILES string of the molecule is Nc1c(C(=O)Nc2nc(-c3ccncc3)cs2)sc2nc3c(cc12)CCCCCC3. The molecule has 4 aromatic heterocycles. The van der Waals surface area contributed by atoms with Gasteiger partial charge in [0.05, 0.1) is 11.4 Å². The van der Waals surface area contributed by atoms with Gasteiger partial charge in [-0.2, -0.15) is 0 Å². The summed E-state index contributed by atoms with van der Waals surface area (Å²) in [5, 5.41) is 6.25. The molecule has 6 nitrogen and oxygen atoms in total. The van der Waals surface area contributed by atoms with Crippen molar-refractivity contribution >= 4 is 49.6 Å². The van der Waals surface area contributed by atoms with Crippen LogP contribution >= 0.6 is 22.7 Å². The number of amides is 1. The van der Waals surface area contributed by atoms with Crippen molar-refractivity contribution in [2.75, 3.05) is 11.1 Å². The number of thiazole rings is 1. The molecule has 1 aliphatic carbocycles. The van der Waals surface area contributed by atoms with Gasteiger partial charge in [-0.05, 0) is 49.4 Å². The average Bonchev–Trinajstić information content (AvgIpc) is 3.33. The number of carbonyl (C=O) groups excluding carboxylic acids is 1. The molecule has 3 N–H and O–H groups in total. The molecular weight excluding hydrogens is 414 g/mol. The summed E-state index contributed by atoms with van der Waals surface area (Å²) in [4.78, 5) is 27.7. The lowest BCUT2D eigenvalue weighted by molar-refractivity contribution is 0.103. The molecule has 0 fully saturated rings. The topological polar surface area (TPSA) is 93.8 Å². The Labute approximate surface area is 182 Å². The second-order valence-electron chi connectivity index (χ2n) is 7.43. The van der Waals surface area contributed by atoms with Crippen LogP contribution < -0.4 is 11.1 Å². The number of hydrogen-bond donors (Lipinski definition) is 2. The molecule has 5 rings (SSSR count). The summed E-state index contributed by atoms with van der Waals surface area (Å²) in [6, 6.07) is 5.93. The van der Waals surface area contributed by atoms with Crippen molar-refractivity contribution in [2.45, 2.75) is 38.5 Å². The van der Waals surface area contributed by atoms with E-state index in [4.69, 9.17) is 10.7 Å². The van der Waals surface area contributed by atoms with Gasteiger partial charge in [0.2, 0.25) is 0 Å². The maximum absolute atomic E-state index is 12.9. The van der Waals surface area contributed by atoms with Gasteiger partial charge in [-0.15, -0.1) is 22.7 Å². The fourth-order valence-electron chi connectivity index (χ4n) is 3.82. The first kappa shape index (κ1) is 19.1. The van der Waals surface area contributed by atoms with Crippen molar-refractivity contribution in [3.8, 4) is 11.3 Å². The Balaban J connectivity index is 1.42. The maximum atomic E-state index is 12.9. The Morgan fingerprint density at radius 2 is 1.87 bits per heavy atom. The van der Waals surface area contributed by atoms with Crippen LogP contribution in [0.4, 0.5) is 10.8 Å². The van der Waals surface area contributed by atoms with Gasteiger partial charge in [0.25, 0.3) is 5.91 Å². The van der Waals surface area contributed by atoms with Gasteiger partial charge in [-0.25, -0.2) is 9.97 Å². The number of rotatable bonds is 3. The van der Waals surface area contributed by atoms with Gasteiger partial charge in [0, 0.05) is 34.4 Å². The molecule has 8 heteroatoms. The zero-order valence-corrected chi connectivity index (χ0v) is 18.0. The number of thiophene rings is 1. The number of anilines is 2. The molecule has 0 radical (unpaired) electrons. The largest absolute Gasteiger partial charge is 0.397 e. The van der Waals surface area contributed by atoms with Crippen LogP contribution in [0.5, 0.6) is 0 Å². The highest BCUT2D eigenvalue weighted by atomic mass is 32.1. The zero-order chi connectivity index (χ0) is 20.5. The van der Waals surface area contributed by atoms with E-state index in [0.29, 0.717) is 15.7 Å². The summed E-state index contributed by atoms with van der Waals surface area (Å²) in [5.41, 5.74) is 11.1. The van der Waals surface area contributed by atoms with E-state index in [0.717, 1.165) is 40.0 Å². The fourth-order valence-corrected chi connectivity index (χ4v) is 5.53. The van der Waals surface area contributed by atoms with Crippen molar-refractivity contribution in [3.05, 3.63) is 52.1 Å². The van der Waals surface area contributed by atoms with E-state index in [1.807, 2.05) is 17.5 Å². The van der Waals surface area contributed by atoms with Crippen molar-refractivity contribution in [2.24, 2.45) is 0 Å². The Morgan fingerprint density at radius 1 is 1.07 bits per heavy atom. The Kier molecular flexibility index (Phi) is 5.18. The number of nitrogens with zero attached hydrogens (tertiary/aromatic N) is 3. The molecule has 4 heterocycles. The van der Waals surface area contributed by atoms with E-state index in [1.54, 1.807) is 12.4 Å². The highest BCUT2D eigenvalue weighted by molar-refractivity contribution is 7.21. The van der Waals surface area contributed by atoms with E-state index < -0.39 is 0 Å². The number of nitrogens with one attached hydrogen (secondary N) is 1. The molecule has 0 saturated carbocycles. The van der Waals surface area contributed by atoms with Crippen LogP contribution in [-0.2, 0) is 12.8 Å². The van der Waals surface area contributed by atoms with Crippen LogP contribution in [0, 0.1) is 0 Å². The summed E-state index contributed by atoms with van der Waals surface area (Å²) in [6.45, 7) is 0. The summed E-state index contributed by atoms with van der Waals surface area (Å²) >= 11 is 2.75. The molecule has 0 unspecified atom stereocenters. The number of carbonyl (C=O) groups is 1. The predicted octanol–water partition coefficient (Wildman–Crippen LogP) is 5.31. The first-order valence-corrected chi connectivity index (χ1v) is 11.8. The molecule has 0 aromatic carbocycles. The minimum Gasteiger partial charge on any atom is -0.397 e. The van der Waals surface area contributed by atoms with Gasteiger partial charge in [0.1, 0.15) is 9.71 Å². The van der Waals surface area contributed by atoms with E-state index in [1.165, 1.54) is 53.9 Å². The summed E-state index contributed by atoms with van der Waals surface area (Å²) < 4.78 is 0. The molecule has 152 valence electrons. The Bertz CT molecular complexity index is 1220. The molecule has 0 saturated heterocycles. The van der Waals surface area contributed by atoms with Crippen LogP contribution in [0.2, 0.25) is 0 Å². The molecule has 30 heavy (non-hydrogen) atoms. The second-order valence-corrected chi connectivity index (χ2v) is 9.29. The number of nitrogen functional groups attached to an aromatic ring is 1. The molecule has 0 bridgehead atoms. The molecular formula is C22H21N5OS2. The number of aryl methyl sites for hydroxylation is 2. The highest BCUT2D eigenvalue weighted by Gasteiger charge is 2.21. The van der Waals surface area contributed by atoms with Crippen LogP contribution in [0.15, 0.2) is 36.0 Å². The number of pyridine rings is 2. The lowest BCUT2D eigenvalue weighted by atomic mass is 9.96. The summed E-state index contributed by atoms with van der Waals surface area (Å²) in [6.07, 6.45) is 10.4. The molecule has 0 spiro atoms. The third-order valence-corrected chi connectivity index (χ3v) is 7.28. The van der Waals surface area contributed by atoms with Crippen LogP contribution in [0.1, 0.15) is 46.6 Å². The van der Waals surface area contributed by atoms with E-state index >= 15 is 0 Å². The number of nitrogens with two attached hydrogens (primary N) is 1. The normalized spacial score (nSPS) is 14.1. The van der Waals surface area contributed by atoms with Crippen LogP contribution in [-0.4, -0.2) is 20.9 Å². The maximum Gasteiger partial charge on any atom is 0.269 e. The standard InChI is InChI=1S/C22H21N5OS2/c23-18-15-11-14-5-3-1-2-4-6-16(14)25-21(15)30-19(18)20(28)27-22-26-17(12-29-22)13-7-9-24-10-8-13/h7-12H,1-6,23H2,(H,26,27,28). The monoisotopic (exact) mass is 435 g/mol. The molecule has 0 aliphatic heterocycles. The van der Waals surface area contributed by atoms with Crippen molar-refractivity contribution in [3.63, 3.8) is 0 Å². The van der Waals surface area contributed by atoms with Gasteiger partial charge in [-0.1, -0.05) is 12.8 Å². The smallest absolute Gasteiger partial charge is 0.269 e. The minimum absolute atomic E-state index is 0.237. The van der Waals surface area contributed by atoms with Gasteiger partial charge in [0.15, 0.2) is 5.13 Å². The van der Waals surface area contributed by atoms with E-state index in [-0.39, 0.29) is 5.91 Å². The first-order chi connectivity index (χ1) is 14.7.